The van der Waals surface area contributed by atoms with Crippen LogP contribution in [0, 0.1) is 5.82 Å². The predicted octanol–water partition coefficient (Wildman–Crippen LogP) is 3.85. The van der Waals surface area contributed by atoms with Crippen LogP contribution in [0.25, 0.3) is 11.0 Å². The minimum absolute atomic E-state index is 0.0528. The molecule has 32 heavy (non-hydrogen) atoms. The van der Waals surface area contributed by atoms with Crippen molar-refractivity contribution in [2.45, 2.75) is 37.8 Å². The Morgan fingerprint density at radius 2 is 1.81 bits per heavy atom. The molecule has 1 aliphatic carbocycles. The number of anilines is 2. The molecule has 1 N–H and O–H groups in total. The van der Waals surface area contributed by atoms with Crippen LogP contribution < -0.4 is 15.0 Å². The monoisotopic (exact) mass is 458 g/mol. The van der Waals surface area contributed by atoms with E-state index in [1.165, 1.54) is 6.33 Å². The molecule has 0 radical (unpaired) electrons. The summed E-state index contributed by atoms with van der Waals surface area (Å²) in [5.74, 6) is 0.286. The Morgan fingerprint density at radius 1 is 1.03 bits per heavy atom. The molecule has 10 heteroatoms. The molecule has 1 saturated carbocycles. The average Bonchev–Trinajstić information content (AvgIpc) is 2.84. The summed E-state index contributed by atoms with van der Waals surface area (Å²) >= 11 is 5.75. The zero-order valence-corrected chi connectivity index (χ0v) is 18.3. The van der Waals surface area contributed by atoms with Crippen molar-refractivity contribution in [1.29, 1.82) is 0 Å². The van der Waals surface area contributed by atoms with E-state index in [9.17, 15) is 4.39 Å². The molecule has 1 aliphatic heterocycles. The molecule has 5 rings (SSSR count). The van der Waals surface area contributed by atoms with Gasteiger partial charge in [-0.15, -0.1) is 0 Å². The van der Waals surface area contributed by atoms with Crippen LogP contribution in [0.4, 0.5) is 15.9 Å². The van der Waals surface area contributed by atoms with Gasteiger partial charge in [-0.05, 0) is 31.7 Å². The fraction of sp³-hybridized carbons (Fsp3) is 0.455. The maximum Gasteiger partial charge on any atom is 0.202 e. The van der Waals surface area contributed by atoms with Crippen LogP contribution in [0.2, 0.25) is 5.15 Å². The van der Waals surface area contributed by atoms with Gasteiger partial charge in [-0.1, -0.05) is 11.6 Å². The molecule has 2 aromatic heterocycles. The predicted molar refractivity (Wildman–Crippen MR) is 120 cm³/mol. The number of fused-ring (bicyclic) bond motifs is 1. The van der Waals surface area contributed by atoms with Crippen LogP contribution in [-0.4, -0.2) is 58.4 Å². The third-order valence-electron chi connectivity index (χ3n) is 5.96. The van der Waals surface area contributed by atoms with Gasteiger partial charge in [0.05, 0.1) is 24.8 Å². The number of nitrogens with one attached hydrogen (secondary N) is 1. The molecule has 0 amide bonds. The van der Waals surface area contributed by atoms with Gasteiger partial charge in [0.15, 0.2) is 11.0 Å². The Morgan fingerprint density at radius 3 is 2.62 bits per heavy atom. The quantitative estimate of drug-likeness (QED) is 0.577. The Bertz CT molecular complexity index is 1090. The van der Waals surface area contributed by atoms with Crippen molar-refractivity contribution in [2.75, 3.05) is 36.5 Å². The van der Waals surface area contributed by atoms with Gasteiger partial charge >= 0.3 is 0 Å². The number of morpholine rings is 1. The van der Waals surface area contributed by atoms with Crippen LogP contribution in [-0.2, 0) is 4.74 Å². The first-order valence-corrected chi connectivity index (χ1v) is 11.2. The first kappa shape index (κ1) is 21.1. The van der Waals surface area contributed by atoms with Crippen LogP contribution in [0.5, 0.6) is 5.75 Å². The van der Waals surface area contributed by atoms with E-state index in [0.29, 0.717) is 13.2 Å². The molecule has 8 nitrogen and oxygen atoms in total. The Balaban J connectivity index is 1.28. The van der Waals surface area contributed by atoms with Gasteiger partial charge in [0.25, 0.3) is 0 Å². The molecule has 0 atom stereocenters. The summed E-state index contributed by atoms with van der Waals surface area (Å²) in [5.41, 5.74) is 2.66. The second-order valence-electron chi connectivity index (χ2n) is 8.03. The fourth-order valence-electron chi connectivity index (χ4n) is 4.27. The SMILES string of the molecule is Fc1c(Cl)ncnc1N[C@H]1CC[C@@H](Oc2cc(N3CCOCC3)cc3nccnc23)CC1. The first-order valence-electron chi connectivity index (χ1n) is 10.8. The zero-order valence-electron chi connectivity index (χ0n) is 17.5. The lowest BCUT2D eigenvalue weighted by Gasteiger charge is -2.31. The van der Waals surface area contributed by atoms with Crippen molar-refractivity contribution < 1.29 is 13.9 Å². The van der Waals surface area contributed by atoms with Crippen molar-refractivity contribution in [3.63, 3.8) is 0 Å². The normalized spacial score (nSPS) is 21.5. The zero-order chi connectivity index (χ0) is 21.9. The van der Waals surface area contributed by atoms with E-state index < -0.39 is 5.82 Å². The van der Waals surface area contributed by atoms with Gasteiger partial charge in [-0.25, -0.2) is 15.0 Å². The standard InChI is InChI=1S/C22H24ClFN6O2/c23-21-19(24)22(28-13-27-21)29-14-1-3-16(4-2-14)32-18-12-15(30-7-9-31-10-8-30)11-17-20(18)26-6-5-25-17/h5-6,11-14,16H,1-4,7-10H2,(H,27,28,29)/t14-,16+. The summed E-state index contributed by atoms with van der Waals surface area (Å²) in [6.45, 7) is 3.10. The second-order valence-corrected chi connectivity index (χ2v) is 8.39. The van der Waals surface area contributed by atoms with Crippen molar-refractivity contribution in [3.8, 4) is 5.75 Å². The Hall–Kier alpha value is -2.78. The summed E-state index contributed by atoms with van der Waals surface area (Å²) in [6, 6.07) is 4.22. The second kappa shape index (κ2) is 9.38. The van der Waals surface area contributed by atoms with Crippen LogP contribution in [0.1, 0.15) is 25.7 Å². The summed E-state index contributed by atoms with van der Waals surface area (Å²) in [5, 5.41) is 2.98. The van der Waals surface area contributed by atoms with E-state index in [4.69, 9.17) is 21.1 Å². The largest absolute Gasteiger partial charge is 0.488 e. The minimum Gasteiger partial charge on any atom is -0.488 e. The molecular formula is C22H24ClFN6O2. The third kappa shape index (κ3) is 4.54. The molecule has 3 aromatic rings. The van der Waals surface area contributed by atoms with Crippen LogP contribution in [0.3, 0.4) is 0 Å². The van der Waals surface area contributed by atoms with Gasteiger partial charge in [0.1, 0.15) is 17.6 Å². The molecule has 1 aromatic carbocycles. The van der Waals surface area contributed by atoms with Crippen molar-refractivity contribution >= 4 is 34.1 Å². The molecule has 0 bridgehead atoms. The highest BCUT2D eigenvalue weighted by Gasteiger charge is 2.25. The van der Waals surface area contributed by atoms with E-state index in [2.05, 4.69) is 42.3 Å². The van der Waals surface area contributed by atoms with E-state index in [-0.39, 0.29) is 23.1 Å². The number of hydrogen-bond acceptors (Lipinski definition) is 8. The molecule has 2 fully saturated rings. The molecule has 2 aliphatic rings. The molecular weight excluding hydrogens is 435 g/mol. The lowest BCUT2D eigenvalue weighted by atomic mass is 9.93. The van der Waals surface area contributed by atoms with E-state index in [1.54, 1.807) is 12.4 Å². The maximum absolute atomic E-state index is 14.1. The summed E-state index contributed by atoms with van der Waals surface area (Å²) in [6.07, 6.45) is 8.03. The van der Waals surface area contributed by atoms with Crippen LogP contribution in [0.15, 0.2) is 30.9 Å². The van der Waals surface area contributed by atoms with Crippen molar-refractivity contribution in [1.82, 2.24) is 19.9 Å². The van der Waals surface area contributed by atoms with Crippen molar-refractivity contribution in [3.05, 3.63) is 41.8 Å². The van der Waals surface area contributed by atoms with Gasteiger partial charge < -0.3 is 19.7 Å². The first-order chi connectivity index (χ1) is 15.7. The summed E-state index contributed by atoms with van der Waals surface area (Å²) in [4.78, 5) is 18.9. The van der Waals surface area contributed by atoms with Crippen molar-refractivity contribution in [2.24, 2.45) is 0 Å². The summed E-state index contributed by atoms with van der Waals surface area (Å²) in [7, 11) is 0. The highest BCUT2D eigenvalue weighted by atomic mass is 35.5. The smallest absolute Gasteiger partial charge is 0.202 e. The van der Waals surface area contributed by atoms with Gasteiger partial charge in [0.2, 0.25) is 5.82 Å². The lowest BCUT2D eigenvalue weighted by Crippen LogP contribution is -2.36. The van der Waals surface area contributed by atoms with Crippen LogP contribution >= 0.6 is 11.6 Å². The Kier molecular flexibility index (Phi) is 6.18. The van der Waals surface area contributed by atoms with Gasteiger partial charge in [-0.2, -0.15) is 4.39 Å². The van der Waals surface area contributed by atoms with Gasteiger partial charge in [-0.3, -0.25) is 4.98 Å². The molecule has 3 heterocycles. The molecule has 0 spiro atoms. The third-order valence-corrected chi connectivity index (χ3v) is 6.22. The maximum atomic E-state index is 14.1. The molecule has 1 saturated heterocycles. The number of halogens is 2. The minimum atomic E-state index is -0.613. The lowest BCUT2D eigenvalue weighted by molar-refractivity contribution is 0.122. The number of hydrogen-bond donors (Lipinski definition) is 1. The number of benzene rings is 1. The number of ether oxygens (including phenoxy) is 2. The average molecular weight is 459 g/mol. The van der Waals surface area contributed by atoms with E-state index in [0.717, 1.165) is 61.2 Å². The van der Waals surface area contributed by atoms with Gasteiger partial charge in [0, 0.05) is 43.3 Å². The summed E-state index contributed by atoms with van der Waals surface area (Å²) < 4.78 is 26.0. The molecule has 0 unspecified atom stereocenters. The molecule has 168 valence electrons. The number of aromatic nitrogens is 4. The number of rotatable bonds is 5. The Labute approximate surface area is 190 Å². The van der Waals surface area contributed by atoms with E-state index in [1.807, 2.05) is 0 Å². The fourth-order valence-corrected chi connectivity index (χ4v) is 4.40. The number of nitrogens with zero attached hydrogens (tertiary/aromatic N) is 5. The highest BCUT2D eigenvalue weighted by molar-refractivity contribution is 6.29. The topological polar surface area (TPSA) is 85.3 Å². The van der Waals surface area contributed by atoms with E-state index >= 15 is 0 Å². The highest BCUT2D eigenvalue weighted by Crippen LogP contribution is 2.33.